The van der Waals surface area contributed by atoms with Gasteiger partial charge in [0.25, 0.3) is 0 Å². The highest BCUT2D eigenvalue weighted by Crippen LogP contribution is 2.21. The Morgan fingerprint density at radius 3 is 2.62 bits per heavy atom. The summed E-state index contributed by atoms with van der Waals surface area (Å²) in [5.74, 6) is 0.378. The van der Waals surface area contributed by atoms with Gasteiger partial charge in [-0.2, -0.15) is 0 Å². The third-order valence-corrected chi connectivity index (χ3v) is 3.04. The molecule has 1 aromatic heterocycles. The van der Waals surface area contributed by atoms with Gasteiger partial charge in [0.05, 0.1) is 6.61 Å². The molecule has 90 valence electrons. The predicted molar refractivity (Wildman–Crippen MR) is 66.5 cm³/mol. The second-order valence-corrected chi connectivity index (χ2v) is 4.66. The molecule has 2 atom stereocenters. The fraction of sp³-hybridized carbons (Fsp3) is 0.583. The van der Waals surface area contributed by atoms with E-state index in [-0.39, 0.29) is 18.7 Å². The molecule has 0 aliphatic rings. The highest BCUT2D eigenvalue weighted by Gasteiger charge is 2.17. The third kappa shape index (κ3) is 3.44. The molecule has 3 nitrogen and oxygen atoms in total. The molecule has 16 heavy (non-hydrogen) atoms. The number of hydrogen-bond acceptors (Lipinski definition) is 3. The lowest BCUT2D eigenvalue weighted by Crippen LogP contribution is -2.38. The van der Waals surface area contributed by atoms with E-state index in [1.807, 2.05) is 19.1 Å². The Hall–Kier alpha value is -0.640. The van der Waals surface area contributed by atoms with E-state index in [1.54, 1.807) is 6.20 Å². The van der Waals surface area contributed by atoms with Crippen molar-refractivity contribution in [3.8, 4) is 0 Å². The van der Waals surface area contributed by atoms with Gasteiger partial charge in [0, 0.05) is 23.8 Å². The molecule has 2 N–H and O–H groups in total. The van der Waals surface area contributed by atoms with E-state index in [0.717, 1.165) is 5.56 Å². The van der Waals surface area contributed by atoms with Crippen LogP contribution in [0.1, 0.15) is 32.4 Å². The lowest BCUT2D eigenvalue weighted by molar-refractivity contribution is 0.201. The van der Waals surface area contributed by atoms with Gasteiger partial charge in [-0.3, -0.25) is 0 Å². The second kappa shape index (κ2) is 6.18. The van der Waals surface area contributed by atoms with E-state index in [1.165, 1.54) is 0 Å². The first-order valence-corrected chi connectivity index (χ1v) is 5.91. The van der Waals surface area contributed by atoms with Crippen molar-refractivity contribution in [1.29, 1.82) is 0 Å². The maximum atomic E-state index is 9.25. The topological polar surface area (TPSA) is 45.1 Å². The van der Waals surface area contributed by atoms with Crippen molar-refractivity contribution in [1.82, 2.24) is 10.3 Å². The highest BCUT2D eigenvalue weighted by atomic mass is 35.5. The summed E-state index contributed by atoms with van der Waals surface area (Å²) in [7, 11) is 0. The SMILES string of the molecule is CC(N[C@H](CO)C(C)C)c1cccnc1Cl. The molecule has 0 aromatic carbocycles. The van der Waals surface area contributed by atoms with E-state index in [2.05, 4.69) is 24.1 Å². The van der Waals surface area contributed by atoms with Gasteiger partial charge < -0.3 is 10.4 Å². The van der Waals surface area contributed by atoms with Crippen molar-refractivity contribution < 1.29 is 5.11 Å². The van der Waals surface area contributed by atoms with Crippen molar-refractivity contribution >= 4 is 11.6 Å². The number of hydrogen-bond donors (Lipinski definition) is 2. The third-order valence-electron chi connectivity index (χ3n) is 2.72. The molecule has 0 radical (unpaired) electrons. The number of rotatable bonds is 5. The number of nitrogens with one attached hydrogen (secondary N) is 1. The average Bonchev–Trinajstić information content (AvgIpc) is 2.25. The van der Waals surface area contributed by atoms with Gasteiger partial charge in [-0.1, -0.05) is 31.5 Å². The number of nitrogens with zero attached hydrogens (tertiary/aromatic N) is 1. The van der Waals surface area contributed by atoms with Crippen LogP contribution in [-0.4, -0.2) is 22.7 Å². The predicted octanol–water partition coefficient (Wildman–Crippen LogP) is 2.40. The first kappa shape index (κ1) is 13.4. The first-order chi connectivity index (χ1) is 7.56. The summed E-state index contributed by atoms with van der Waals surface area (Å²) in [5.41, 5.74) is 0.961. The fourth-order valence-electron chi connectivity index (χ4n) is 1.59. The summed E-state index contributed by atoms with van der Waals surface area (Å²) < 4.78 is 0. The Labute approximate surface area is 102 Å². The van der Waals surface area contributed by atoms with Gasteiger partial charge in [-0.05, 0) is 18.9 Å². The number of pyridine rings is 1. The standard InChI is InChI=1S/C12H19ClN2O/c1-8(2)11(7-16)15-9(3)10-5-4-6-14-12(10)13/h4-6,8-9,11,15-16H,7H2,1-3H3/t9?,11-/m1/s1. The molecule has 0 amide bonds. The van der Waals surface area contributed by atoms with Gasteiger partial charge in [-0.25, -0.2) is 4.98 Å². The van der Waals surface area contributed by atoms with Crippen molar-refractivity contribution in [3.05, 3.63) is 29.0 Å². The fourth-order valence-corrected chi connectivity index (χ4v) is 1.87. The molecule has 0 saturated carbocycles. The quantitative estimate of drug-likeness (QED) is 0.780. The van der Waals surface area contributed by atoms with Gasteiger partial charge in [0.15, 0.2) is 0 Å². The van der Waals surface area contributed by atoms with Crippen LogP contribution in [0.15, 0.2) is 18.3 Å². The Morgan fingerprint density at radius 2 is 2.12 bits per heavy atom. The smallest absolute Gasteiger partial charge is 0.133 e. The highest BCUT2D eigenvalue weighted by molar-refractivity contribution is 6.30. The summed E-state index contributed by atoms with van der Waals surface area (Å²) in [6.07, 6.45) is 1.67. The van der Waals surface area contributed by atoms with E-state index in [9.17, 15) is 5.11 Å². The summed E-state index contributed by atoms with van der Waals surface area (Å²) in [5, 5.41) is 13.1. The monoisotopic (exact) mass is 242 g/mol. The largest absolute Gasteiger partial charge is 0.395 e. The first-order valence-electron chi connectivity index (χ1n) is 5.53. The van der Waals surface area contributed by atoms with Crippen molar-refractivity contribution in [2.75, 3.05) is 6.61 Å². The van der Waals surface area contributed by atoms with Gasteiger partial charge in [0.2, 0.25) is 0 Å². The molecule has 1 rings (SSSR count). The van der Waals surface area contributed by atoms with Crippen LogP contribution in [-0.2, 0) is 0 Å². The van der Waals surface area contributed by atoms with Crippen LogP contribution in [0.3, 0.4) is 0 Å². The van der Waals surface area contributed by atoms with Crippen LogP contribution in [0, 0.1) is 5.92 Å². The van der Waals surface area contributed by atoms with Gasteiger partial charge in [0.1, 0.15) is 5.15 Å². The molecular weight excluding hydrogens is 224 g/mol. The lowest BCUT2D eigenvalue weighted by Gasteiger charge is -2.25. The molecule has 1 heterocycles. The Bertz CT molecular complexity index is 331. The van der Waals surface area contributed by atoms with Crippen molar-refractivity contribution in [2.45, 2.75) is 32.9 Å². The van der Waals surface area contributed by atoms with Crippen LogP contribution in [0.2, 0.25) is 5.15 Å². The molecule has 0 aliphatic carbocycles. The number of aromatic nitrogens is 1. The molecule has 0 bridgehead atoms. The molecule has 0 spiro atoms. The minimum atomic E-state index is 0.0753. The molecule has 0 aliphatic heterocycles. The summed E-state index contributed by atoms with van der Waals surface area (Å²) in [6.45, 7) is 6.30. The zero-order valence-electron chi connectivity index (χ0n) is 9.94. The Kier molecular flexibility index (Phi) is 5.19. The normalized spacial score (nSPS) is 15.1. The molecular formula is C12H19ClN2O. The zero-order chi connectivity index (χ0) is 12.1. The molecule has 1 unspecified atom stereocenters. The van der Waals surface area contributed by atoms with Crippen LogP contribution in [0.25, 0.3) is 0 Å². The van der Waals surface area contributed by atoms with E-state index >= 15 is 0 Å². The average molecular weight is 243 g/mol. The summed E-state index contributed by atoms with van der Waals surface area (Å²) in [4.78, 5) is 4.04. The number of halogens is 1. The lowest BCUT2D eigenvalue weighted by atomic mass is 10.0. The molecule has 1 aromatic rings. The van der Waals surface area contributed by atoms with E-state index in [4.69, 9.17) is 11.6 Å². The Balaban J connectivity index is 2.72. The van der Waals surface area contributed by atoms with Crippen molar-refractivity contribution in [2.24, 2.45) is 5.92 Å². The van der Waals surface area contributed by atoms with Crippen LogP contribution >= 0.6 is 11.6 Å². The maximum Gasteiger partial charge on any atom is 0.133 e. The number of aliphatic hydroxyl groups excluding tert-OH is 1. The Morgan fingerprint density at radius 1 is 1.44 bits per heavy atom. The van der Waals surface area contributed by atoms with Gasteiger partial charge >= 0.3 is 0 Å². The number of aliphatic hydroxyl groups is 1. The molecule has 0 fully saturated rings. The van der Waals surface area contributed by atoms with Crippen LogP contribution in [0.5, 0.6) is 0 Å². The molecule has 0 saturated heterocycles. The van der Waals surface area contributed by atoms with E-state index < -0.39 is 0 Å². The van der Waals surface area contributed by atoms with Crippen LogP contribution < -0.4 is 5.32 Å². The van der Waals surface area contributed by atoms with Gasteiger partial charge in [-0.15, -0.1) is 0 Å². The minimum Gasteiger partial charge on any atom is -0.395 e. The zero-order valence-corrected chi connectivity index (χ0v) is 10.7. The maximum absolute atomic E-state index is 9.25. The second-order valence-electron chi connectivity index (χ2n) is 4.30. The van der Waals surface area contributed by atoms with Crippen molar-refractivity contribution in [3.63, 3.8) is 0 Å². The summed E-state index contributed by atoms with van der Waals surface area (Å²) >= 11 is 6.01. The summed E-state index contributed by atoms with van der Waals surface area (Å²) in [6, 6.07) is 3.97. The molecule has 4 heteroatoms. The van der Waals surface area contributed by atoms with Crippen LogP contribution in [0.4, 0.5) is 0 Å². The van der Waals surface area contributed by atoms with E-state index in [0.29, 0.717) is 11.1 Å². The minimum absolute atomic E-state index is 0.0753.